The van der Waals surface area contributed by atoms with Crippen molar-refractivity contribution in [1.82, 2.24) is 4.98 Å². The van der Waals surface area contributed by atoms with Crippen molar-refractivity contribution in [2.24, 2.45) is 5.10 Å². The smallest absolute Gasteiger partial charge is 0.149 e. The third-order valence-electron chi connectivity index (χ3n) is 6.03. The fourth-order valence-electron chi connectivity index (χ4n) is 4.32. The molecule has 0 amide bonds. The average Bonchev–Trinajstić information content (AvgIpc) is 3.33. The maximum absolute atomic E-state index is 5.26. The van der Waals surface area contributed by atoms with Crippen LogP contribution in [0.3, 0.4) is 0 Å². The Morgan fingerprint density at radius 1 is 0.941 bits per heavy atom. The number of hydrazone groups is 1. The van der Waals surface area contributed by atoms with Crippen LogP contribution in [0.1, 0.15) is 50.3 Å². The highest BCUT2D eigenvalue weighted by Crippen LogP contribution is 2.35. The molecule has 3 aromatic rings. The van der Waals surface area contributed by atoms with E-state index in [0.29, 0.717) is 0 Å². The molecule has 5 heteroatoms. The van der Waals surface area contributed by atoms with E-state index >= 15 is 0 Å². The number of ether oxygens (including phenoxy) is 1. The van der Waals surface area contributed by atoms with Crippen molar-refractivity contribution in [3.8, 4) is 5.75 Å². The second kappa shape index (κ2) is 11.5. The number of anilines is 2. The van der Waals surface area contributed by atoms with Crippen molar-refractivity contribution in [2.75, 3.05) is 30.1 Å². The van der Waals surface area contributed by atoms with Gasteiger partial charge in [0.15, 0.2) is 0 Å². The summed E-state index contributed by atoms with van der Waals surface area (Å²) in [4.78, 5) is 7.04. The van der Waals surface area contributed by atoms with Crippen LogP contribution in [0.25, 0.3) is 6.08 Å². The van der Waals surface area contributed by atoms with Crippen molar-refractivity contribution < 1.29 is 4.74 Å². The largest absolute Gasteiger partial charge is 0.497 e. The Labute approximate surface area is 203 Å². The lowest BCUT2D eigenvalue weighted by Crippen LogP contribution is -2.25. The maximum Gasteiger partial charge on any atom is 0.149 e. The molecule has 0 fully saturated rings. The Bertz CT molecular complexity index is 1090. The normalized spacial score (nSPS) is 15.6. The number of allylic oxidation sites excluding steroid dienone is 1. The topological polar surface area (TPSA) is 41.0 Å². The first-order chi connectivity index (χ1) is 16.7. The lowest BCUT2D eigenvalue weighted by Gasteiger charge is -2.26. The molecular weight excluding hydrogens is 420 g/mol. The van der Waals surface area contributed by atoms with Gasteiger partial charge in [-0.25, -0.2) is 9.99 Å². The van der Waals surface area contributed by atoms with Crippen molar-refractivity contribution in [1.29, 1.82) is 0 Å². The zero-order valence-corrected chi connectivity index (χ0v) is 20.4. The Morgan fingerprint density at radius 2 is 1.68 bits per heavy atom. The summed E-state index contributed by atoms with van der Waals surface area (Å²) < 4.78 is 5.26. The number of hydrogen-bond donors (Lipinski definition) is 0. The molecule has 1 aromatic heterocycles. The fraction of sp³-hybridized carbons (Fsp3) is 0.310. The molecule has 0 saturated heterocycles. The minimum atomic E-state index is 0.116. The molecule has 0 aliphatic carbocycles. The second-order valence-corrected chi connectivity index (χ2v) is 8.53. The van der Waals surface area contributed by atoms with Crippen molar-refractivity contribution in [3.05, 3.63) is 90.1 Å². The van der Waals surface area contributed by atoms with E-state index in [2.05, 4.69) is 77.3 Å². The van der Waals surface area contributed by atoms with E-state index in [9.17, 15) is 0 Å². The summed E-state index contributed by atoms with van der Waals surface area (Å²) in [6, 6.07) is 23.1. The van der Waals surface area contributed by atoms with Crippen LogP contribution in [0.5, 0.6) is 5.75 Å². The molecule has 0 bridgehead atoms. The number of hydrogen-bond acceptors (Lipinski definition) is 5. The van der Waals surface area contributed by atoms with Crippen LogP contribution in [0, 0.1) is 0 Å². The van der Waals surface area contributed by atoms with E-state index in [-0.39, 0.29) is 6.04 Å². The standard InChI is InChI=1S/C29H34N4O/c1-4-20-32(21-5-2)26-15-12-24(13-16-26)28-22-25(31-33(28)29-8-6-7-19-30-29)14-9-23-10-17-27(34-3)18-11-23/h6-19,28H,4-5,20-22H2,1-3H3. The first kappa shape index (κ1) is 23.6. The number of pyridine rings is 1. The molecule has 1 atom stereocenters. The molecule has 2 heterocycles. The fourth-order valence-corrected chi connectivity index (χ4v) is 4.32. The van der Waals surface area contributed by atoms with Gasteiger partial charge in [0.25, 0.3) is 0 Å². The lowest BCUT2D eigenvalue weighted by atomic mass is 10.0. The van der Waals surface area contributed by atoms with Crippen LogP contribution in [-0.4, -0.2) is 30.9 Å². The van der Waals surface area contributed by atoms with E-state index in [1.807, 2.05) is 36.5 Å². The van der Waals surface area contributed by atoms with Crippen LogP contribution in [0.4, 0.5) is 11.5 Å². The van der Waals surface area contributed by atoms with Gasteiger partial charge in [0.05, 0.1) is 18.9 Å². The maximum atomic E-state index is 5.26. The van der Waals surface area contributed by atoms with Gasteiger partial charge in [-0.3, -0.25) is 0 Å². The van der Waals surface area contributed by atoms with E-state index < -0.39 is 0 Å². The monoisotopic (exact) mass is 454 g/mol. The van der Waals surface area contributed by atoms with Gasteiger partial charge in [0, 0.05) is 31.4 Å². The third-order valence-corrected chi connectivity index (χ3v) is 6.03. The highest BCUT2D eigenvalue weighted by Gasteiger charge is 2.29. The predicted octanol–water partition coefficient (Wildman–Crippen LogP) is 6.74. The minimum absolute atomic E-state index is 0.116. The van der Waals surface area contributed by atoms with Crippen molar-refractivity contribution >= 4 is 23.3 Å². The summed E-state index contributed by atoms with van der Waals surface area (Å²) >= 11 is 0. The molecule has 4 rings (SSSR count). The number of benzene rings is 2. The van der Waals surface area contributed by atoms with Crippen molar-refractivity contribution in [2.45, 2.75) is 39.2 Å². The molecule has 0 N–H and O–H groups in total. The molecule has 1 unspecified atom stereocenters. The number of aromatic nitrogens is 1. The second-order valence-electron chi connectivity index (χ2n) is 8.53. The minimum Gasteiger partial charge on any atom is -0.497 e. The summed E-state index contributed by atoms with van der Waals surface area (Å²) in [6.07, 6.45) is 9.16. The highest BCUT2D eigenvalue weighted by molar-refractivity contribution is 6.01. The van der Waals surface area contributed by atoms with Gasteiger partial charge < -0.3 is 9.64 Å². The quantitative estimate of drug-likeness (QED) is 0.340. The molecular formula is C29H34N4O. The molecule has 0 saturated carbocycles. The summed E-state index contributed by atoms with van der Waals surface area (Å²) in [5.74, 6) is 1.72. The predicted molar refractivity (Wildman–Crippen MR) is 143 cm³/mol. The van der Waals surface area contributed by atoms with Gasteiger partial charge >= 0.3 is 0 Å². The summed E-state index contributed by atoms with van der Waals surface area (Å²) in [6.45, 7) is 6.64. The van der Waals surface area contributed by atoms with Gasteiger partial charge in [0.1, 0.15) is 11.6 Å². The lowest BCUT2D eigenvalue weighted by molar-refractivity contribution is 0.415. The van der Waals surface area contributed by atoms with Gasteiger partial charge in [-0.1, -0.05) is 50.3 Å². The number of rotatable bonds is 10. The molecule has 5 nitrogen and oxygen atoms in total. The van der Waals surface area contributed by atoms with E-state index in [1.54, 1.807) is 7.11 Å². The summed E-state index contributed by atoms with van der Waals surface area (Å²) in [7, 11) is 1.68. The van der Waals surface area contributed by atoms with E-state index in [4.69, 9.17) is 9.84 Å². The zero-order chi connectivity index (χ0) is 23.8. The Kier molecular flexibility index (Phi) is 7.97. The average molecular weight is 455 g/mol. The Balaban J connectivity index is 1.57. The van der Waals surface area contributed by atoms with Crippen LogP contribution in [-0.2, 0) is 0 Å². The van der Waals surface area contributed by atoms with E-state index in [1.165, 1.54) is 11.3 Å². The van der Waals surface area contributed by atoms with Crippen LogP contribution < -0.4 is 14.6 Å². The van der Waals surface area contributed by atoms with Crippen LogP contribution >= 0.6 is 0 Å². The number of nitrogens with zero attached hydrogens (tertiary/aromatic N) is 4. The molecule has 1 aliphatic heterocycles. The summed E-state index contributed by atoms with van der Waals surface area (Å²) in [5.41, 5.74) is 4.69. The van der Waals surface area contributed by atoms with Gasteiger partial charge in [-0.15, -0.1) is 0 Å². The third kappa shape index (κ3) is 5.66. The Morgan fingerprint density at radius 3 is 2.29 bits per heavy atom. The molecule has 176 valence electrons. The molecule has 2 aromatic carbocycles. The van der Waals surface area contributed by atoms with Gasteiger partial charge in [-0.05, 0) is 66.4 Å². The SMILES string of the molecule is CCCN(CCC)c1ccc(C2CC(C=Cc3ccc(OC)cc3)=NN2c2ccccn2)cc1. The van der Waals surface area contributed by atoms with Gasteiger partial charge in [-0.2, -0.15) is 5.10 Å². The zero-order valence-electron chi connectivity index (χ0n) is 20.4. The molecule has 34 heavy (non-hydrogen) atoms. The van der Waals surface area contributed by atoms with Crippen LogP contribution in [0.15, 0.2) is 84.1 Å². The molecule has 0 radical (unpaired) electrons. The van der Waals surface area contributed by atoms with Crippen LogP contribution in [0.2, 0.25) is 0 Å². The van der Waals surface area contributed by atoms with Crippen molar-refractivity contribution in [3.63, 3.8) is 0 Å². The first-order valence-corrected chi connectivity index (χ1v) is 12.2. The first-order valence-electron chi connectivity index (χ1n) is 12.2. The van der Waals surface area contributed by atoms with Gasteiger partial charge in [0.2, 0.25) is 0 Å². The molecule has 0 spiro atoms. The molecule has 1 aliphatic rings. The number of methoxy groups -OCH3 is 1. The Hall–Kier alpha value is -3.60. The summed E-state index contributed by atoms with van der Waals surface area (Å²) in [5, 5.41) is 7.00. The highest BCUT2D eigenvalue weighted by atomic mass is 16.5. The van der Waals surface area contributed by atoms with E-state index in [0.717, 1.165) is 55.2 Å².